The maximum Gasteiger partial charge on any atom is 0.250 e. The second-order valence-corrected chi connectivity index (χ2v) is 5.19. The number of amides is 1. The zero-order chi connectivity index (χ0) is 14.7. The van der Waals surface area contributed by atoms with E-state index >= 15 is 0 Å². The first-order valence-corrected chi connectivity index (χ1v) is 6.64. The van der Waals surface area contributed by atoms with Crippen LogP contribution in [0.3, 0.4) is 0 Å². The highest BCUT2D eigenvalue weighted by Gasteiger charge is 2.07. The molecule has 0 aliphatic heterocycles. The van der Waals surface area contributed by atoms with Crippen molar-refractivity contribution in [1.29, 1.82) is 0 Å². The molecule has 20 heavy (non-hydrogen) atoms. The van der Waals surface area contributed by atoms with Gasteiger partial charge in [-0.15, -0.1) is 0 Å². The minimum absolute atomic E-state index is 0.174. The Morgan fingerprint density at radius 3 is 2.65 bits per heavy atom. The number of pyridine rings is 1. The van der Waals surface area contributed by atoms with Crippen molar-refractivity contribution in [3.05, 3.63) is 62.0 Å². The van der Waals surface area contributed by atoms with E-state index in [-0.39, 0.29) is 17.9 Å². The first-order valence-electron chi connectivity index (χ1n) is 5.89. The first-order chi connectivity index (χ1) is 9.45. The molecule has 104 valence electrons. The molecule has 1 heterocycles. The number of H-pyrrole nitrogens is 1. The molecule has 0 saturated carbocycles. The van der Waals surface area contributed by atoms with Crippen molar-refractivity contribution in [2.45, 2.75) is 13.3 Å². The molecule has 0 unspecified atom stereocenters. The number of carbonyl (C=O) groups excluding carboxylic acids is 1. The Hall–Kier alpha value is -1.78. The van der Waals surface area contributed by atoms with E-state index in [0.717, 1.165) is 5.56 Å². The van der Waals surface area contributed by atoms with E-state index in [9.17, 15) is 9.59 Å². The molecular weight excluding hydrogens is 299 g/mol. The average Bonchev–Trinajstić information content (AvgIpc) is 2.38. The number of halogens is 2. The summed E-state index contributed by atoms with van der Waals surface area (Å²) in [7, 11) is 0. The summed E-state index contributed by atoms with van der Waals surface area (Å²) < 4.78 is 0. The molecule has 2 rings (SSSR count). The van der Waals surface area contributed by atoms with Crippen molar-refractivity contribution in [3.63, 3.8) is 0 Å². The summed E-state index contributed by atoms with van der Waals surface area (Å²) in [6.07, 6.45) is 1.64. The standard InChI is InChI=1S/C14H12Cl2N2O2/c1-8-4-10(7-17-14(8)20)18-13(19)6-9-2-3-11(15)12(16)5-9/h2-5,7H,6H2,1H3,(H,17,20)(H,18,19). The SMILES string of the molecule is Cc1cc(NC(=O)Cc2ccc(Cl)c(Cl)c2)c[nH]c1=O. The molecule has 0 aliphatic carbocycles. The molecule has 0 atom stereocenters. The van der Waals surface area contributed by atoms with Gasteiger partial charge >= 0.3 is 0 Å². The molecule has 1 amide bonds. The molecule has 1 aromatic carbocycles. The fraction of sp³-hybridized carbons (Fsp3) is 0.143. The van der Waals surface area contributed by atoms with Gasteiger partial charge in [0.05, 0.1) is 22.2 Å². The summed E-state index contributed by atoms with van der Waals surface area (Å²) in [4.78, 5) is 25.7. The Kier molecular flexibility index (Phi) is 4.47. The number of benzene rings is 1. The summed E-state index contributed by atoms with van der Waals surface area (Å²) in [6.45, 7) is 1.67. The van der Waals surface area contributed by atoms with Gasteiger partial charge in [0.2, 0.25) is 5.91 Å². The van der Waals surface area contributed by atoms with Gasteiger partial charge in [0.15, 0.2) is 0 Å². The van der Waals surface area contributed by atoms with E-state index < -0.39 is 0 Å². The lowest BCUT2D eigenvalue weighted by Gasteiger charge is -2.06. The molecule has 0 spiro atoms. The number of carbonyl (C=O) groups is 1. The Balaban J connectivity index is 2.06. The molecule has 2 aromatic rings. The Labute approximate surface area is 125 Å². The number of aryl methyl sites for hydroxylation is 1. The molecule has 0 fully saturated rings. The summed E-state index contributed by atoms with van der Waals surface area (Å²) in [6, 6.07) is 6.66. The van der Waals surface area contributed by atoms with Crippen LogP contribution < -0.4 is 10.9 Å². The molecule has 6 heteroatoms. The highest BCUT2D eigenvalue weighted by atomic mass is 35.5. The summed E-state index contributed by atoms with van der Waals surface area (Å²) >= 11 is 11.7. The van der Waals surface area contributed by atoms with Crippen molar-refractivity contribution in [2.75, 3.05) is 5.32 Å². The third-order valence-corrected chi connectivity index (χ3v) is 3.46. The Morgan fingerprint density at radius 1 is 1.25 bits per heavy atom. The van der Waals surface area contributed by atoms with Gasteiger partial charge in [0, 0.05) is 11.8 Å². The van der Waals surface area contributed by atoms with E-state index in [2.05, 4.69) is 10.3 Å². The van der Waals surface area contributed by atoms with Crippen LogP contribution in [0.1, 0.15) is 11.1 Å². The van der Waals surface area contributed by atoms with Crippen molar-refractivity contribution in [3.8, 4) is 0 Å². The van der Waals surface area contributed by atoms with Gasteiger partial charge in [-0.3, -0.25) is 9.59 Å². The predicted octanol–water partition coefficient (Wildman–Crippen LogP) is 3.17. The molecule has 4 nitrogen and oxygen atoms in total. The summed E-state index contributed by atoms with van der Waals surface area (Å²) in [5.74, 6) is -0.199. The van der Waals surface area contributed by atoms with Crippen LogP contribution in [0.15, 0.2) is 35.3 Å². The third kappa shape index (κ3) is 3.62. The molecule has 0 bridgehead atoms. The van der Waals surface area contributed by atoms with Crippen LogP contribution >= 0.6 is 23.2 Å². The van der Waals surface area contributed by atoms with Crippen LogP contribution in [0.25, 0.3) is 0 Å². The number of hydrogen-bond acceptors (Lipinski definition) is 2. The van der Waals surface area contributed by atoms with E-state index in [1.54, 1.807) is 31.2 Å². The average molecular weight is 311 g/mol. The van der Waals surface area contributed by atoms with Crippen LogP contribution in [0.2, 0.25) is 10.0 Å². The lowest BCUT2D eigenvalue weighted by molar-refractivity contribution is -0.115. The lowest BCUT2D eigenvalue weighted by atomic mass is 10.1. The minimum atomic E-state index is -0.199. The topological polar surface area (TPSA) is 62.0 Å². The van der Waals surface area contributed by atoms with Gasteiger partial charge in [-0.1, -0.05) is 29.3 Å². The second-order valence-electron chi connectivity index (χ2n) is 4.37. The molecule has 1 aromatic heterocycles. The first kappa shape index (κ1) is 14.6. The quantitative estimate of drug-likeness (QED) is 0.914. The maximum absolute atomic E-state index is 11.9. The monoisotopic (exact) mass is 310 g/mol. The van der Waals surface area contributed by atoms with Crippen LogP contribution in [-0.2, 0) is 11.2 Å². The fourth-order valence-electron chi connectivity index (χ4n) is 1.71. The lowest BCUT2D eigenvalue weighted by Crippen LogP contribution is -2.16. The normalized spacial score (nSPS) is 10.3. The van der Waals surface area contributed by atoms with E-state index in [4.69, 9.17) is 23.2 Å². The van der Waals surface area contributed by atoms with E-state index in [0.29, 0.717) is 21.3 Å². The zero-order valence-corrected chi connectivity index (χ0v) is 12.2. The highest BCUT2D eigenvalue weighted by molar-refractivity contribution is 6.42. The van der Waals surface area contributed by atoms with Crippen molar-refractivity contribution < 1.29 is 4.79 Å². The van der Waals surface area contributed by atoms with Crippen LogP contribution in [0.4, 0.5) is 5.69 Å². The van der Waals surface area contributed by atoms with E-state index in [1.807, 2.05) is 0 Å². The van der Waals surface area contributed by atoms with Crippen LogP contribution in [0.5, 0.6) is 0 Å². The fourth-order valence-corrected chi connectivity index (χ4v) is 2.03. The molecule has 0 radical (unpaired) electrons. The van der Waals surface area contributed by atoms with Crippen molar-refractivity contribution >= 4 is 34.8 Å². The van der Waals surface area contributed by atoms with Gasteiger partial charge < -0.3 is 10.3 Å². The largest absolute Gasteiger partial charge is 0.327 e. The van der Waals surface area contributed by atoms with Gasteiger partial charge in [-0.25, -0.2) is 0 Å². The van der Waals surface area contributed by atoms with Gasteiger partial charge in [-0.05, 0) is 30.7 Å². The predicted molar refractivity (Wildman–Crippen MR) is 80.6 cm³/mol. The van der Waals surface area contributed by atoms with Crippen LogP contribution in [-0.4, -0.2) is 10.9 Å². The van der Waals surface area contributed by atoms with Gasteiger partial charge in [0.25, 0.3) is 5.56 Å². The zero-order valence-electron chi connectivity index (χ0n) is 10.7. The number of anilines is 1. The molecular formula is C14H12Cl2N2O2. The molecule has 2 N–H and O–H groups in total. The van der Waals surface area contributed by atoms with Gasteiger partial charge in [0.1, 0.15) is 0 Å². The van der Waals surface area contributed by atoms with Gasteiger partial charge in [-0.2, -0.15) is 0 Å². The highest BCUT2D eigenvalue weighted by Crippen LogP contribution is 2.22. The number of aromatic nitrogens is 1. The van der Waals surface area contributed by atoms with E-state index in [1.165, 1.54) is 6.20 Å². The Bertz CT molecular complexity index is 711. The smallest absolute Gasteiger partial charge is 0.250 e. The van der Waals surface area contributed by atoms with Crippen molar-refractivity contribution in [2.24, 2.45) is 0 Å². The molecule has 0 saturated heterocycles. The third-order valence-electron chi connectivity index (χ3n) is 2.72. The number of rotatable bonds is 3. The minimum Gasteiger partial charge on any atom is -0.327 e. The number of aromatic amines is 1. The summed E-state index contributed by atoms with van der Waals surface area (Å²) in [5.41, 5.74) is 1.68. The van der Waals surface area contributed by atoms with Crippen molar-refractivity contribution in [1.82, 2.24) is 4.98 Å². The Morgan fingerprint density at radius 2 is 2.00 bits per heavy atom. The maximum atomic E-state index is 11.9. The second kappa shape index (κ2) is 6.11. The number of hydrogen-bond donors (Lipinski definition) is 2. The number of nitrogens with one attached hydrogen (secondary N) is 2. The summed E-state index contributed by atoms with van der Waals surface area (Å²) in [5, 5.41) is 3.57. The van der Waals surface area contributed by atoms with Crippen LogP contribution in [0, 0.1) is 6.92 Å². The molecule has 0 aliphatic rings.